The van der Waals surface area contributed by atoms with Gasteiger partial charge in [-0.2, -0.15) is 0 Å². The minimum absolute atomic E-state index is 0.177. The Morgan fingerprint density at radius 1 is 1.32 bits per heavy atom. The fraction of sp³-hybridized carbons (Fsp3) is 0.588. The minimum Gasteiger partial charge on any atom is -0.355 e. The van der Waals surface area contributed by atoms with Gasteiger partial charge in [-0.3, -0.25) is 4.99 Å². The fourth-order valence-corrected chi connectivity index (χ4v) is 4.94. The Morgan fingerprint density at radius 2 is 2.12 bits per heavy atom. The molecule has 1 aliphatic carbocycles. The molecule has 1 spiro atoms. The average Bonchev–Trinajstić information content (AvgIpc) is 3.01. The van der Waals surface area contributed by atoms with Crippen LogP contribution in [-0.2, 0) is 10.0 Å². The van der Waals surface area contributed by atoms with Crippen LogP contribution < -0.4 is 10.0 Å². The molecule has 1 heterocycles. The first-order valence-electron chi connectivity index (χ1n) is 8.65. The van der Waals surface area contributed by atoms with Crippen LogP contribution in [0.5, 0.6) is 0 Å². The Morgan fingerprint density at radius 3 is 2.72 bits per heavy atom. The van der Waals surface area contributed by atoms with Crippen molar-refractivity contribution in [1.29, 1.82) is 0 Å². The topological polar surface area (TPSA) is 73.8 Å². The van der Waals surface area contributed by atoms with Gasteiger partial charge in [0.15, 0.2) is 5.96 Å². The van der Waals surface area contributed by atoms with E-state index in [4.69, 9.17) is 11.6 Å². The van der Waals surface area contributed by atoms with Gasteiger partial charge in [0, 0.05) is 38.2 Å². The Bertz CT molecular complexity index is 747. The lowest BCUT2D eigenvalue weighted by Gasteiger charge is -2.38. The molecule has 25 heavy (non-hydrogen) atoms. The molecule has 2 fully saturated rings. The first-order chi connectivity index (χ1) is 11.9. The number of halogens is 1. The SMILES string of the molecule is CN=C(NCCNS(=O)(=O)c1cccc(Cl)c1)N1CCC2(CCC2)C1. The monoisotopic (exact) mass is 384 g/mol. The lowest BCUT2D eigenvalue weighted by atomic mass is 9.68. The summed E-state index contributed by atoms with van der Waals surface area (Å²) in [6.45, 7) is 2.84. The fourth-order valence-electron chi connectivity index (χ4n) is 3.61. The second-order valence-electron chi connectivity index (χ2n) is 6.85. The maximum Gasteiger partial charge on any atom is 0.240 e. The Balaban J connectivity index is 1.47. The molecule has 2 aliphatic rings. The second-order valence-corrected chi connectivity index (χ2v) is 9.06. The van der Waals surface area contributed by atoms with Gasteiger partial charge >= 0.3 is 0 Å². The van der Waals surface area contributed by atoms with Gasteiger partial charge < -0.3 is 10.2 Å². The molecule has 8 heteroatoms. The number of nitrogens with zero attached hydrogens (tertiary/aromatic N) is 2. The van der Waals surface area contributed by atoms with Crippen LogP contribution in [0.1, 0.15) is 25.7 Å². The zero-order valence-electron chi connectivity index (χ0n) is 14.5. The van der Waals surface area contributed by atoms with Crippen LogP contribution in [-0.4, -0.2) is 52.5 Å². The third-order valence-electron chi connectivity index (χ3n) is 5.17. The predicted molar refractivity (Wildman–Crippen MR) is 100 cm³/mol. The van der Waals surface area contributed by atoms with Gasteiger partial charge in [-0.25, -0.2) is 13.1 Å². The van der Waals surface area contributed by atoms with E-state index >= 15 is 0 Å². The molecule has 0 unspecified atom stereocenters. The lowest BCUT2D eigenvalue weighted by Crippen LogP contribution is -2.44. The van der Waals surface area contributed by atoms with E-state index in [0.29, 0.717) is 17.0 Å². The number of likely N-dealkylation sites (tertiary alicyclic amines) is 1. The molecule has 0 amide bonds. The maximum atomic E-state index is 12.2. The normalized spacial score (nSPS) is 19.9. The van der Waals surface area contributed by atoms with E-state index in [1.54, 1.807) is 19.2 Å². The molecule has 1 aromatic carbocycles. The van der Waals surface area contributed by atoms with Crippen molar-refractivity contribution < 1.29 is 8.42 Å². The molecule has 0 aromatic heterocycles. The summed E-state index contributed by atoms with van der Waals surface area (Å²) in [5.41, 5.74) is 0.506. The smallest absolute Gasteiger partial charge is 0.240 e. The highest BCUT2D eigenvalue weighted by molar-refractivity contribution is 7.89. The van der Waals surface area contributed by atoms with E-state index < -0.39 is 10.0 Å². The first kappa shape index (κ1) is 18.5. The van der Waals surface area contributed by atoms with Crippen LogP contribution in [0.3, 0.4) is 0 Å². The summed E-state index contributed by atoms with van der Waals surface area (Å²) in [5.74, 6) is 0.853. The van der Waals surface area contributed by atoms with E-state index in [9.17, 15) is 8.42 Å². The Labute approximate surface area is 154 Å². The number of rotatable bonds is 5. The van der Waals surface area contributed by atoms with Crippen molar-refractivity contribution in [3.63, 3.8) is 0 Å². The molecule has 1 saturated carbocycles. The van der Waals surface area contributed by atoms with E-state index in [-0.39, 0.29) is 11.4 Å². The van der Waals surface area contributed by atoms with E-state index in [1.807, 2.05) is 0 Å². The van der Waals surface area contributed by atoms with Gasteiger partial charge in [0.1, 0.15) is 0 Å². The molecule has 3 rings (SSSR count). The van der Waals surface area contributed by atoms with Crippen LogP contribution in [0.4, 0.5) is 0 Å². The van der Waals surface area contributed by atoms with E-state index in [2.05, 4.69) is 19.9 Å². The molecule has 6 nitrogen and oxygen atoms in total. The molecular formula is C17H25ClN4O2S. The van der Waals surface area contributed by atoms with Crippen molar-refractivity contribution in [3.8, 4) is 0 Å². The zero-order valence-corrected chi connectivity index (χ0v) is 16.0. The van der Waals surface area contributed by atoms with Crippen LogP contribution >= 0.6 is 11.6 Å². The van der Waals surface area contributed by atoms with Crippen molar-refractivity contribution in [2.75, 3.05) is 33.2 Å². The number of sulfonamides is 1. The molecule has 0 bridgehead atoms. The predicted octanol–water partition coefficient (Wildman–Crippen LogP) is 2.07. The zero-order chi connectivity index (χ0) is 17.9. The van der Waals surface area contributed by atoms with Crippen LogP contribution in [0.25, 0.3) is 0 Å². The summed E-state index contributed by atoms with van der Waals surface area (Å²) in [4.78, 5) is 6.79. The number of guanidine groups is 1. The molecule has 138 valence electrons. The molecule has 0 radical (unpaired) electrons. The number of benzene rings is 1. The third-order valence-corrected chi connectivity index (χ3v) is 6.86. The number of hydrogen-bond acceptors (Lipinski definition) is 3. The molecule has 2 N–H and O–H groups in total. The van der Waals surface area contributed by atoms with E-state index in [1.165, 1.54) is 37.8 Å². The summed E-state index contributed by atoms with van der Waals surface area (Å²) in [7, 11) is -1.78. The first-order valence-corrected chi connectivity index (χ1v) is 10.5. The second kappa shape index (κ2) is 7.51. The highest BCUT2D eigenvalue weighted by Gasteiger charge is 2.43. The standard InChI is InChI=1S/C17H25ClN4O2S/c1-19-16(22-11-8-17(13-22)6-3-7-17)20-9-10-21-25(23,24)15-5-2-4-14(18)12-15/h2,4-5,12,21H,3,6-11,13H2,1H3,(H,19,20). The Hall–Kier alpha value is -1.31. The summed E-state index contributed by atoms with van der Waals surface area (Å²) in [6, 6.07) is 6.25. The summed E-state index contributed by atoms with van der Waals surface area (Å²) in [6.07, 6.45) is 5.21. The molecular weight excluding hydrogens is 360 g/mol. The van der Waals surface area contributed by atoms with Gasteiger partial charge in [0.2, 0.25) is 10.0 Å². The number of aliphatic imine (C=N–C) groups is 1. The Kier molecular flexibility index (Phi) is 5.55. The van der Waals surface area contributed by atoms with Gasteiger partial charge in [-0.1, -0.05) is 24.1 Å². The van der Waals surface area contributed by atoms with Gasteiger partial charge in [-0.15, -0.1) is 0 Å². The molecule has 1 saturated heterocycles. The summed E-state index contributed by atoms with van der Waals surface area (Å²) in [5, 5.41) is 3.66. The summed E-state index contributed by atoms with van der Waals surface area (Å²) < 4.78 is 27.1. The van der Waals surface area contributed by atoms with Crippen LogP contribution in [0.2, 0.25) is 5.02 Å². The number of hydrogen-bond donors (Lipinski definition) is 2. The lowest BCUT2D eigenvalue weighted by molar-refractivity contribution is 0.151. The maximum absolute atomic E-state index is 12.2. The van der Waals surface area contributed by atoms with Gasteiger partial charge in [0.25, 0.3) is 0 Å². The summed E-state index contributed by atoms with van der Waals surface area (Å²) >= 11 is 5.86. The highest BCUT2D eigenvalue weighted by atomic mass is 35.5. The molecule has 1 aliphatic heterocycles. The van der Waals surface area contributed by atoms with Crippen molar-refractivity contribution in [2.24, 2.45) is 10.4 Å². The van der Waals surface area contributed by atoms with Crippen molar-refractivity contribution in [2.45, 2.75) is 30.6 Å². The van der Waals surface area contributed by atoms with E-state index in [0.717, 1.165) is 19.0 Å². The van der Waals surface area contributed by atoms with Gasteiger partial charge in [-0.05, 0) is 42.9 Å². The van der Waals surface area contributed by atoms with Crippen LogP contribution in [0, 0.1) is 5.41 Å². The van der Waals surface area contributed by atoms with Crippen molar-refractivity contribution >= 4 is 27.6 Å². The van der Waals surface area contributed by atoms with Crippen molar-refractivity contribution in [1.82, 2.24) is 14.9 Å². The largest absolute Gasteiger partial charge is 0.355 e. The third kappa shape index (κ3) is 4.27. The van der Waals surface area contributed by atoms with Crippen molar-refractivity contribution in [3.05, 3.63) is 29.3 Å². The quantitative estimate of drug-likeness (QED) is 0.463. The number of nitrogens with one attached hydrogen (secondary N) is 2. The minimum atomic E-state index is -3.55. The highest BCUT2D eigenvalue weighted by Crippen LogP contribution is 2.47. The van der Waals surface area contributed by atoms with Crippen LogP contribution in [0.15, 0.2) is 34.2 Å². The molecule has 0 atom stereocenters. The average molecular weight is 385 g/mol. The van der Waals surface area contributed by atoms with Gasteiger partial charge in [0.05, 0.1) is 4.90 Å². The molecule has 1 aromatic rings.